The van der Waals surface area contributed by atoms with E-state index >= 15 is 0 Å². The van der Waals surface area contributed by atoms with Gasteiger partial charge in [-0.1, -0.05) is 31.6 Å². The molecule has 0 unspecified atom stereocenters. The Morgan fingerprint density at radius 1 is 1.39 bits per heavy atom. The summed E-state index contributed by atoms with van der Waals surface area (Å²) in [6.07, 6.45) is 10.9. The molecule has 1 saturated carbocycles. The second kappa shape index (κ2) is 7.71. The number of hydrogen-bond acceptors (Lipinski definition) is 2. The van der Waals surface area contributed by atoms with E-state index < -0.39 is 5.97 Å². The van der Waals surface area contributed by atoms with E-state index in [0.717, 1.165) is 38.5 Å². The number of aliphatic carboxylic acids is 1. The Morgan fingerprint density at radius 2 is 2.06 bits per heavy atom. The van der Waals surface area contributed by atoms with E-state index in [9.17, 15) is 9.90 Å². The van der Waals surface area contributed by atoms with E-state index in [4.69, 9.17) is 5.26 Å². The van der Waals surface area contributed by atoms with Crippen molar-refractivity contribution >= 4 is 5.97 Å². The Labute approximate surface area is 109 Å². The second-order valence-electron chi connectivity index (χ2n) is 4.82. The maximum Gasteiger partial charge on any atom is 0.331 e. The van der Waals surface area contributed by atoms with Crippen LogP contribution in [-0.2, 0) is 4.79 Å². The number of unbranched alkanes of at least 4 members (excludes halogenated alkanes) is 1. The molecule has 0 aromatic carbocycles. The van der Waals surface area contributed by atoms with Crippen LogP contribution in [0.3, 0.4) is 0 Å². The molecule has 1 aliphatic carbocycles. The number of allylic oxidation sites excluding steroid dienone is 3. The van der Waals surface area contributed by atoms with Crippen LogP contribution in [0.1, 0.15) is 45.4 Å². The van der Waals surface area contributed by atoms with Crippen LogP contribution in [0, 0.1) is 23.2 Å². The van der Waals surface area contributed by atoms with Gasteiger partial charge in [0.2, 0.25) is 0 Å². The van der Waals surface area contributed by atoms with Crippen LogP contribution in [0.4, 0.5) is 0 Å². The molecule has 1 N–H and O–H groups in total. The van der Waals surface area contributed by atoms with E-state index in [-0.39, 0.29) is 11.8 Å². The van der Waals surface area contributed by atoms with Gasteiger partial charge in [-0.3, -0.25) is 0 Å². The van der Waals surface area contributed by atoms with E-state index in [2.05, 4.69) is 13.0 Å². The third-order valence-electron chi connectivity index (χ3n) is 3.46. The fourth-order valence-corrected chi connectivity index (χ4v) is 2.35. The lowest BCUT2D eigenvalue weighted by Gasteiger charge is -2.25. The van der Waals surface area contributed by atoms with Crippen molar-refractivity contribution in [1.29, 1.82) is 5.26 Å². The number of nitriles is 1. The fraction of sp³-hybridized carbons (Fsp3) is 0.600. The minimum absolute atomic E-state index is 0.110. The molecule has 1 fully saturated rings. The predicted molar refractivity (Wildman–Crippen MR) is 70.8 cm³/mol. The minimum Gasteiger partial charge on any atom is -0.478 e. The predicted octanol–water partition coefficient (Wildman–Crippen LogP) is 3.68. The molecular formula is C15H21NO2. The zero-order valence-electron chi connectivity index (χ0n) is 10.9. The Bertz CT molecular complexity index is 368. The topological polar surface area (TPSA) is 61.1 Å². The second-order valence-corrected chi connectivity index (χ2v) is 4.82. The molecule has 98 valence electrons. The van der Waals surface area contributed by atoms with Gasteiger partial charge in [0.05, 0.1) is 6.07 Å². The molecule has 0 saturated heterocycles. The van der Waals surface area contributed by atoms with E-state index in [1.807, 2.05) is 12.2 Å². The maximum atomic E-state index is 11.2. The van der Waals surface area contributed by atoms with Gasteiger partial charge in [-0.25, -0.2) is 4.79 Å². The summed E-state index contributed by atoms with van der Waals surface area (Å²) in [5, 5.41) is 18.1. The molecule has 0 amide bonds. The van der Waals surface area contributed by atoms with E-state index in [0.29, 0.717) is 5.57 Å². The first-order valence-electron chi connectivity index (χ1n) is 6.68. The molecule has 3 heteroatoms. The summed E-state index contributed by atoms with van der Waals surface area (Å²) in [5.41, 5.74) is 0.499. The number of nitrogens with zero attached hydrogens (tertiary/aromatic N) is 1. The summed E-state index contributed by atoms with van der Waals surface area (Å²) in [7, 11) is 0. The number of rotatable bonds is 5. The number of carbonyl (C=O) groups is 1. The molecule has 0 radical (unpaired) electrons. The zero-order valence-corrected chi connectivity index (χ0v) is 10.9. The monoisotopic (exact) mass is 247 g/mol. The van der Waals surface area contributed by atoms with Crippen molar-refractivity contribution < 1.29 is 9.90 Å². The van der Waals surface area contributed by atoms with Crippen molar-refractivity contribution in [2.24, 2.45) is 11.8 Å². The SMILES string of the molecule is CCCC=CC=C(C(=O)O)[C@H]1CC[C@H](C#N)CC1. The first kappa shape index (κ1) is 14.5. The third kappa shape index (κ3) is 4.37. The molecule has 0 aliphatic heterocycles. The van der Waals surface area contributed by atoms with Crippen molar-refractivity contribution in [3.63, 3.8) is 0 Å². The minimum atomic E-state index is -0.823. The molecule has 3 nitrogen and oxygen atoms in total. The van der Waals surface area contributed by atoms with E-state index in [1.165, 1.54) is 0 Å². The first-order chi connectivity index (χ1) is 8.69. The lowest BCUT2D eigenvalue weighted by atomic mass is 9.79. The average Bonchev–Trinajstić information content (AvgIpc) is 2.39. The van der Waals surface area contributed by atoms with Crippen LogP contribution in [0.5, 0.6) is 0 Å². The van der Waals surface area contributed by atoms with Crippen LogP contribution < -0.4 is 0 Å². The van der Waals surface area contributed by atoms with Gasteiger partial charge in [-0.2, -0.15) is 5.26 Å². The number of hydrogen-bond donors (Lipinski definition) is 1. The van der Waals surface area contributed by atoms with Gasteiger partial charge in [0.25, 0.3) is 0 Å². The number of carboxylic acids is 1. The summed E-state index contributed by atoms with van der Waals surface area (Å²) >= 11 is 0. The van der Waals surface area contributed by atoms with Gasteiger partial charge in [-0.05, 0) is 38.0 Å². The lowest BCUT2D eigenvalue weighted by molar-refractivity contribution is -0.133. The Hall–Kier alpha value is -1.56. The standard InChI is InChI=1S/C15H21NO2/c1-2-3-4-5-6-14(15(17)18)13-9-7-12(11-16)8-10-13/h4-6,12-13H,2-3,7-10H2,1H3,(H,17,18)/t12-,13-. The summed E-state index contributed by atoms with van der Waals surface area (Å²) < 4.78 is 0. The summed E-state index contributed by atoms with van der Waals surface area (Å²) in [6, 6.07) is 2.27. The van der Waals surface area contributed by atoms with Gasteiger partial charge in [0.15, 0.2) is 0 Å². The quantitative estimate of drug-likeness (QED) is 0.595. The van der Waals surface area contributed by atoms with Crippen molar-refractivity contribution in [3.05, 3.63) is 23.8 Å². The molecule has 18 heavy (non-hydrogen) atoms. The molecule has 0 heterocycles. The largest absolute Gasteiger partial charge is 0.478 e. The van der Waals surface area contributed by atoms with Crippen molar-refractivity contribution in [3.8, 4) is 6.07 Å². The molecule has 0 spiro atoms. The summed E-state index contributed by atoms with van der Waals surface area (Å²) in [6.45, 7) is 2.09. The average molecular weight is 247 g/mol. The van der Waals surface area contributed by atoms with Gasteiger partial charge in [0, 0.05) is 11.5 Å². The van der Waals surface area contributed by atoms with Crippen molar-refractivity contribution in [2.75, 3.05) is 0 Å². The fourth-order valence-electron chi connectivity index (χ4n) is 2.35. The highest BCUT2D eigenvalue weighted by atomic mass is 16.4. The normalized spacial score (nSPS) is 25.0. The van der Waals surface area contributed by atoms with Gasteiger partial charge in [0.1, 0.15) is 0 Å². The Morgan fingerprint density at radius 3 is 2.56 bits per heavy atom. The van der Waals surface area contributed by atoms with Crippen LogP contribution in [0.15, 0.2) is 23.8 Å². The van der Waals surface area contributed by atoms with Gasteiger partial charge >= 0.3 is 5.97 Å². The lowest BCUT2D eigenvalue weighted by Crippen LogP contribution is -2.19. The molecule has 0 bridgehead atoms. The van der Waals surface area contributed by atoms with Crippen molar-refractivity contribution in [2.45, 2.75) is 45.4 Å². The molecule has 0 atom stereocenters. The molecule has 1 aliphatic rings. The smallest absolute Gasteiger partial charge is 0.331 e. The van der Waals surface area contributed by atoms with Gasteiger partial charge in [-0.15, -0.1) is 0 Å². The highest BCUT2D eigenvalue weighted by Crippen LogP contribution is 2.33. The van der Waals surface area contributed by atoms with Crippen LogP contribution in [-0.4, -0.2) is 11.1 Å². The van der Waals surface area contributed by atoms with Crippen LogP contribution in [0.25, 0.3) is 0 Å². The number of carboxylic acid groups (broad SMARTS) is 1. The molecule has 1 rings (SSSR count). The maximum absolute atomic E-state index is 11.2. The summed E-state index contributed by atoms with van der Waals surface area (Å²) in [4.78, 5) is 11.2. The van der Waals surface area contributed by atoms with Gasteiger partial charge < -0.3 is 5.11 Å². The Balaban J connectivity index is 2.63. The Kier molecular flexibility index (Phi) is 6.21. The molecule has 0 aromatic heterocycles. The van der Waals surface area contributed by atoms with Crippen LogP contribution in [0.2, 0.25) is 0 Å². The van der Waals surface area contributed by atoms with Crippen molar-refractivity contribution in [1.82, 2.24) is 0 Å². The first-order valence-corrected chi connectivity index (χ1v) is 6.68. The third-order valence-corrected chi connectivity index (χ3v) is 3.46. The highest BCUT2D eigenvalue weighted by Gasteiger charge is 2.26. The highest BCUT2D eigenvalue weighted by molar-refractivity contribution is 5.87. The zero-order chi connectivity index (χ0) is 13.4. The van der Waals surface area contributed by atoms with E-state index in [1.54, 1.807) is 6.08 Å². The van der Waals surface area contributed by atoms with Crippen LogP contribution >= 0.6 is 0 Å². The molecular weight excluding hydrogens is 226 g/mol. The molecule has 0 aromatic rings. The summed E-state index contributed by atoms with van der Waals surface area (Å²) in [5.74, 6) is -0.595.